The molecule has 4 heterocycles. The van der Waals surface area contributed by atoms with Gasteiger partial charge in [0.2, 0.25) is 5.95 Å². The summed E-state index contributed by atoms with van der Waals surface area (Å²) >= 11 is 0. The van der Waals surface area contributed by atoms with Crippen LogP contribution in [0.5, 0.6) is 0 Å². The molecule has 8 nitrogen and oxygen atoms in total. The Morgan fingerprint density at radius 2 is 1.83 bits per heavy atom. The van der Waals surface area contributed by atoms with Crippen LogP contribution < -0.4 is 4.90 Å². The molecule has 1 saturated heterocycles. The highest BCUT2D eigenvalue weighted by Gasteiger charge is 2.31. The molecule has 36 heavy (non-hydrogen) atoms. The minimum atomic E-state index is -0.711. The minimum Gasteiger partial charge on any atom is -0.367 e. The van der Waals surface area contributed by atoms with Crippen molar-refractivity contribution in [1.29, 1.82) is 0 Å². The molecule has 1 aliphatic heterocycles. The molecule has 186 valence electrons. The Labute approximate surface area is 207 Å². The van der Waals surface area contributed by atoms with Gasteiger partial charge in [-0.25, -0.2) is 23.7 Å². The zero-order chi connectivity index (χ0) is 25.0. The van der Waals surface area contributed by atoms with Gasteiger partial charge in [0.15, 0.2) is 5.65 Å². The van der Waals surface area contributed by atoms with Crippen LogP contribution in [0.3, 0.4) is 0 Å². The molecule has 1 aromatic carbocycles. The summed E-state index contributed by atoms with van der Waals surface area (Å²) in [5.74, 6) is -0.230. The smallest absolute Gasteiger partial charge is 0.228 e. The van der Waals surface area contributed by atoms with E-state index in [-0.39, 0.29) is 23.5 Å². The highest BCUT2D eigenvalue weighted by molar-refractivity contribution is 5.88. The number of hydrogen-bond donors (Lipinski definition) is 0. The van der Waals surface area contributed by atoms with Crippen molar-refractivity contribution < 1.29 is 13.5 Å². The topological polar surface area (TPSA) is 81.9 Å². The number of anilines is 1. The van der Waals surface area contributed by atoms with Crippen molar-refractivity contribution in [3.05, 3.63) is 59.2 Å². The number of rotatable bonds is 5. The first-order valence-electron chi connectivity index (χ1n) is 12.2. The van der Waals surface area contributed by atoms with Gasteiger partial charge in [0.25, 0.3) is 0 Å². The van der Waals surface area contributed by atoms with E-state index in [9.17, 15) is 8.78 Å². The molecule has 0 amide bonds. The van der Waals surface area contributed by atoms with Crippen LogP contribution in [0.4, 0.5) is 14.7 Å². The summed E-state index contributed by atoms with van der Waals surface area (Å²) < 4.78 is 36.8. The number of fused-ring (bicyclic) bond motifs is 1. The summed E-state index contributed by atoms with van der Waals surface area (Å²) in [7, 11) is 0. The zero-order valence-corrected chi connectivity index (χ0v) is 20.4. The van der Waals surface area contributed by atoms with E-state index in [0.29, 0.717) is 35.9 Å². The van der Waals surface area contributed by atoms with Crippen molar-refractivity contribution in [1.82, 2.24) is 29.7 Å². The lowest BCUT2D eigenvalue weighted by molar-refractivity contribution is -0.0178. The van der Waals surface area contributed by atoms with Crippen LogP contribution in [-0.4, -0.2) is 48.9 Å². The standard InChI is InChI=1S/C26H27F2N7O/c1-14-10-34(13-22(36-14)18-9-29-35(12-18)11-17-4-5-17)26-32-23(20-7-6-19(27)8-21(20)28)24-25(33-26)31-16(3)15(2)30-24/h6-9,12,14,17,22H,4-5,10-11,13H2,1-3H3/t14-,22-/m1/s1. The normalized spacial score (nSPS) is 20.3. The van der Waals surface area contributed by atoms with E-state index in [2.05, 4.69) is 21.3 Å². The number of morpholine rings is 1. The van der Waals surface area contributed by atoms with E-state index < -0.39 is 11.6 Å². The molecule has 2 fully saturated rings. The van der Waals surface area contributed by atoms with Gasteiger partial charge in [-0.1, -0.05) is 0 Å². The number of halogens is 2. The minimum absolute atomic E-state index is 0.0910. The van der Waals surface area contributed by atoms with Gasteiger partial charge in [-0.05, 0) is 51.7 Å². The molecule has 6 rings (SSSR count). The predicted molar refractivity (Wildman–Crippen MR) is 130 cm³/mol. The Kier molecular flexibility index (Phi) is 5.63. The van der Waals surface area contributed by atoms with Gasteiger partial charge in [0.05, 0.1) is 30.2 Å². The van der Waals surface area contributed by atoms with Gasteiger partial charge in [-0.3, -0.25) is 4.68 Å². The van der Waals surface area contributed by atoms with Crippen molar-refractivity contribution in [2.45, 2.75) is 52.4 Å². The third-order valence-corrected chi connectivity index (χ3v) is 6.83. The highest BCUT2D eigenvalue weighted by atomic mass is 19.1. The molecule has 0 bridgehead atoms. The molecule has 0 N–H and O–H groups in total. The fraction of sp³-hybridized carbons (Fsp3) is 0.423. The highest BCUT2D eigenvalue weighted by Crippen LogP contribution is 2.33. The van der Waals surface area contributed by atoms with Gasteiger partial charge in [0.1, 0.15) is 28.9 Å². The molecule has 0 radical (unpaired) electrons. The molecule has 10 heteroatoms. The molecule has 2 atom stereocenters. The SMILES string of the molecule is Cc1nc2nc(N3C[C@@H](C)O[C@@H](c4cnn(CC5CC5)c4)C3)nc(-c3ccc(F)cc3F)c2nc1C. The van der Waals surface area contributed by atoms with Gasteiger partial charge in [0, 0.05) is 36.5 Å². The number of ether oxygens (including phenoxy) is 1. The summed E-state index contributed by atoms with van der Waals surface area (Å²) in [6.07, 6.45) is 6.14. The molecule has 0 unspecified atom stereocenters. The van der Waals surface area contributed by atoms with Crippen LogP contribution >= 0.6 is 0 Å². The second-order valence-corrected chi connectivity index (χ2v) is 9.84. The van der Waals surface area contributed by atoms with Crippen molar-refractivity contribution in [3.63, 3.8) is 0 Å². The van der Waals surface area contributed by atoms with Gasteiger partial charge in [-0.15, -0.1) is 0 Å². The molecule has 1 saturated carbocycles. The van der Waals surface area contributed by atoms with E-state index in [1.54, 1.807) is 0 Å². The van der Waals surface area contributed by atoms with Crippen molar-refractivity contribution >= 4 is 17.1 Å². The van der Waals surface area contributed by atoms with E-state index in [4.69, 9.17) is 14.7 Å². The van der Waals surface area contributed by atoms with Crippen LogP contribution in [0.25, 0.3) is 22.4 Å². The van der Waals surface area contributed by atoms with E-state index in [0.717, 1.165) is 29.8 Å². The Hall–Kier alpha value is -3.53. The van der Waals surface area contributed by atoms with Crippen molar-refractivity contribution in [3.8, 4) is 11.3 Å². The number of nitrogens with zero attached hydrogens (tertiary/aromatic N) is 7. The maximum Gasteiger partial charge on any atom is 0.228 e. The molecule has 0 spiro atoms. The first kappa shape index (κ1) is 22.9. The van der Waals surface area contributed by atoms with Crippen molar-refractivity contribution in [2.24, 2.45) is 5.92 Å². The summed E-state index contributed by atoms with van der Waals surface area (Å²) in [5, 5.41) is 4.52. The third kappa shape index (κ3) is 4.41. The number of benzene rings is 1. The van der Waals surface area contributed by atoms with Crippen LogP contribution in [0, 0.1) is 31.4 Å². The molecule has 1 aliphatic carbocycles. The van der Waals surface area contributed by atoms with Crippen molar-refractivity contribution in [2.75, 3.05) is 18.0 Å². The Morgan fingerprint density at radius 1 is 1.03 bits per heavy atom. The maximum atomic E-state index is 14.9. The third-order valence-electron chi connectivity index (χ3n) is 6.83. The average molecular weight is 492 g/mol. The van der Waals surface area contributed by atoms with Crippen LogP contribution in [-0.2, 0) is 11.3 Å². The molecular formula is C26H27F2N7O. The number of aromatic nitrogens is 6. The summed E-state index contributed by atoms with van der Waals surface area (Å²) in [4.78, 5) is 20.7. The molecular weight excluding hydrogens is 464 g/mol. The molecule has 3 aromatic heterocycles. The Morgan fingerprint density at radius 3 is 2.61 bits per heavy atom. The summed E-state index contributed by atoms with van der Waals surface area (Å²) in [6, 6.07) is 3.45. The first-order valence-corrected chi connectivity index (χ1v) is 12.2. The van der Waals surface area contributed by atoms with E-state index in [1.165, 1.54) is 25.0 Å². The van der Waals surface area contributed by atoms with Crippen LogP contribution in [0.15, 0.2) is 30.6 Å². The first-order chi connectivity index (χ1) is 17.3. The lowest BCUT2D eigenvalue weighted by Gasteiger charge is -2.36. The molecule has 4 aromatic rings. The van der Waals surface area contributed by atoms with E-state index in [1.807, 2.05) is 36.5 Å². The fourth-order valence-electron chi connectivity index (χ4n) is 4.62. The quantitative estimate of drug-likeness (QED) is 0.405. The largest absolute Gasteiger partial charge is 0.367 e. The lowest BCUT2D eigenvalue weighted by Crippen LogP contribution is -2.43. The second-order valence-electron chi connectivity index (χ2n) is 9.84. The zero-order valence-electron chi connectivity index (χ0n) is 20.4. The maximum absolute atomic E-state index is 14.9. The van der Waals surface area contributed by atoms with E-state index >= 15 is 0 Å². The monoisotopic (exact) mass is 491 g/mol. The van der Waals surface area contributed by atoms with Crippen LogP contribution in [0.2, 0.25) is 0 Å². The lowest BCUT2D eigenvalue weighted by atomic mass is 10.1. The Balaban J connectivity index is 1.40. The van der Waals surface area contributed by atoms with Gasteiger partial charge >= 0.3 is 0 Å². The number of hydrogen-bond acceptors (Lipinski definition) is 7. The summed E-state index contributed by atoms with van der Waals surface area (Å²) in [5.41, 5.74) is 3.63. The van der Waals surface area contributed by atoms with Gasteiger partial charge in [-0.2, -0.15) is 10.1 Å². The van der Waals surface area contributed by atoms with Crippen LogP contribution in [0.1, 0.15) is 42.8 Å². The second kappa shape index (κ2) is 8.85. The number of aryl methyl sites for hydroxylation is 2. The average Bonchev–Trinajstić information content (AvgIpc) is 3.53. The predicted octanol–water partition coefficient (Wildman–Crippen LogP) is 4.55. The molecule has 2 aliphatic rings. The Bertz CT molecular complexity index is 1450. The summed E-state index contributed by atoms with van der Waals surface area (Å²) in [6.45, 7) is 7.69. The van der Waals surface area contributed by atoms with Gasteiger partial charge < -0.3 is 9.64 Å². The fourth-order valence-corrected chi connectivity index (χ4v) is 4.62.